The van der Waals surface area contributed by atoms with Crippen molar-refractivity contribution in [2.45, 2.75) is 67.5 Å². The van der Waals surface area contributed by atoms with Crippen molar-refractivity contribution in [3.05, 3.63) is 251 Å². The molecule has 2 saturated heterocycles. The molecule has 10 atom stereocenters. The Morgan fingerprint density at radius 1 is 0.333 bits per heavy atom. The minimum atomic E-state index is -2.00. The molecule has 0 bridgehead atoms. The first kappa shape index (κ1) is 56.8. The monoisotopic (exact) mass is 1110 g/mol. The molecule has 414 valence electrons. The van der Waals surface area contributed by atoms with E-state index in [-0.39, 0.29) is 38.9 Å². The third kappa shape index (κ3) is 14.7. The van der Waals surface area contributed by atoms with Crippen LogP contribution >= 0.6 is 11.8 Å². The number of carbonyl (C=O) groups is 7. The molecule has 0 saturated carbocycles. The lowest BCUT2D eigenvalue weighted by molar-refractivity contribution is -0.335. The molecule has 7 aromatic rings. The van der Waals surface area contributed by atoms with Crippen molar-refractivity contribution in [3.63, 3.8) is 0 Å². The van der Waals surface area contributed by atoms with Gasteiger partial charge in [-0.3, -0.25) is 0 Å². The fourth-order valence-corrected chi connectivity index (χ4v) is 9.82. The summed E-state index contributed by atoms with van der Waals surface area (Å²) in [6.07, 6.45) is -15.6. The number of hydrogen-bond acceptors (Lipinski definition) is 18. The van der Waals surface area contributed by atoms with Crippen molar-refractivity contribution >= 4 is 53.5 Å². The number of hydrogen-bond donors (Lipinski definition) is 0. The van der Waals surface area contributed by atoms with E-state index >= 15 is 0 Å². The smallest absolute Gasteiger partial charge is 0.338 e. The highest BCUT2D eigenvalue weighted by molar-refractivity contribution is 7.99. The summed E-state index contributed by atoms with van der Waals surface area (Å²) >= 11 is 1.19. The topological polar surface area (TPSA) is 212 Å². The summed E-state index contributed by atoms with van der Waals surface area (Å²) in [6, 6.07) is 55.5. The number of carbonyl (C=O) groups excluding carboxylic acids is 7. The van der Waals surface area contributed by atoms with Gasteiger partial charge >= 0.3 is 41.8 Å². The molecule has 0 spiro atoms. The van der Waals surface area contributed by atoms with Crippen molar-refractivity contribution < 1.29 is 80.9 Å². The van der Waals surface area contributed by atoms with E-state index in [4.69, 9.17) is 47.4 Å². The second-order valence-corrected chi connectivity index (χ2v) is 19.6. The Balaban J connectivity index is 1.20. The molecule has 0 aliphatic carbocycles. The van der Waals surface area contributed by atoms with Crippen LogP contribution in [0.25, 0.3) is 0 Å². The number of thioether (sulfide) groups is 1. The molecule has 2 aliphatic rings. The Labute approximate surface area is 470 Å². The van der Waals surface area contributed by atoms with Crippen molar-refractivity contribution in [3.8, 4) is 0 Å². The SMILES string of the molecule is CCS[C@@H]1O[C@H](COC(=O)c2ccccc2)[C@@H](O[C@@H]2O[C@H](COC(=O)c3ccccc3)[C@H](OC(=O)c3ccccc3)[C@H](OC(=O)c3ccccc3)[C@H]2OC(=O)c2ccccc2)[C@H](OC(=O)c2ccccc2)[C@H]1OC(=O)c1ccccc1. The molecule has 18 heteroatoms. The number of esters is 7. The molecular formula is C63H54O17S. The first-order valence-electron chi connectivity index (χ1n) is 25.9. The average molecular weight is 1120 g/mol. The van der Waals surface area contributed by atoms with E-state index in [0.29, 0.717) is 5.75 Å². The van der Waals surface area contributed by atoms with Crippen molar-refractivity contribution in [1.82, 2.24) is 0 Å². The first-order chi connectivity index (χ1) is 39.5. The van der Waals surface area contributed by atoms with E-state index in [2.05, 4.69) is 0 Å². The minimum Gasteiger partial charge on any atom is -0.459 e. The van der Waals surface area contributed by atoms with Gasteiger partial charge in [0.2, 0.25) is 0 Å². The zero-order valence-corrected chi connectivity index (χ0v) is 44.3. The Morgan fingerprint density at radius 3 is 0.938 bits per heavy atom. The molecule has 9 rings (SSSR count). The first-order valence-corrected chi connectivity index (χ1v) is 26.9. The highest BCUT2D eigenvalue weighted by atomic mass is 32.2. The summed E-state index contributed by atoms with van der Waals surface area (Å²) in [5.41, 5.74) is -0.467. The third-order valence-electron chi connectivity index (χ3n) is 12.8. The molecule has 0 radical (unpaired) electrons. The van der Waals surface area contributed by atoms with Crippen molar-refractivity contribution in [2.24, 2.45) is 0 Å². The van der Waals surface area contributed by atoms with Gasteiger partial charge in [0.05, 0.1) is 38.9 Å². The van der Waals surface area contributed by atoms with Crippen LogP contribution in [-0.2, 0) is 47.4 Å². The van der Waals surface area contributed by atoms with Crippen LogP contribution in [0.15, 0.2) is 212 Å². The maximum absolute atomic E-state index is 14.6. The average Bonchev–Trinajstić information content (AvgIpc) is 3.71. The van der Waals surface area contributed by atoms with Gasteiger partial charge in [0.1, 0.15) is 37.0 Å². The van der Waals surface area contributed by atoms with Gasteiger partial charge in [-0.1, -0.05) is 134 Å². The Kier molecular flexibility index (Phi) is 19.5. The van der Waals surface area contributed by atoms with E-state index in [1.807, 2.05) is 6.92 Å². The third-order valence-corrected chi connectivity index (χ3v) is 13.9. The maximum Gasteiger partial charge on any atom is 0.338 e. The van der Waals surface area contributed by atoms with Gasteiger partial charge in [0.15, 0.2) is 36.8 Å². The molecule has 7 aromatic carbocycles. The fraction of sp³-hybridized carbons (Fsp3) is 0.222. The van der Waals surface area contributed by atoms with E-state index in [1.54, 1.807) is 140 Å². The molecule has 81 heavy (non-hydrogen) atoms. The second kappa shape index (κ2) is 27.8. The van der Waals surface area contributed by atoms with Crippen LogP contribution in [0.2, 0.25) is 0 Å². The molecule has 2 fully saturated rings. The quantitative estimate of drug-likeness (QED) is 0.0514. The predicted octanol–water partition coefficient (Wildman–Crippen LogP) is 9.42. The lowest BCUT2D eigenvalue weighted by atomic mass is 9.96. The number of rotatable bonds is 20. The number of benzene rings is 7. The van der Waals surface area contributed by atoms with Gasteiger partial charge in [0.25, 0.3) is 0 Å². The summed E-state index contributed by atoms with van der Waals surface area (Å²) in [5.74, 6) is -5.86. The van der Waals surface area contributed by atoms with Gasteiger partial charge in [-0.25, -0.2) is 33.6 Å². The maximum atomic E-state index is 14.6. The molecule has 0 aromatic heterocycles. The standard InChI is InChI=1S/C63H54O17S/c1-2-81-63-54(79-61(70)46-36-22-9-23-37-46)52(77-59(68)44-32-18-7-19-33-44)50(48(74-63)39-72-56(65)41-26-12-4-13-27-41)80-62-53(78-60(69)45-34-20-8-21-35-45)51(76-58(67)43-30-16-6-17-31-43)49(75-57(66)42-28-14-5-15-29-42)47(73-62)38-71-55(64)40-24-10-3-11-25-40/h3-37,47-54,62-63H,2,38-39H2,1H3/t47-,48-,49+,50-,51+,52+,53-,54-,62+,63+/m1/s1. The normalized spacial score (nSPS) is 22.1. The molecule has 0 N–H and O–H groups in total. The molecule has 2 aliphatic heterocycles. The minimum absolute atomic E-state index is 0.0230. The molecule has 17 nitrogen and oxygen atoms in total. The highest BCUT2D eigenvalue weighted by Crippen LogP contribution is 2.39. The molecular weight excluding hydrogens is 1060 g/mol. The van der Waals surface area contributed by atoms with E-state index in [0.717, 1.165) is 0 Å². The van der Waals surface area contributed by atoms with Gasteiger partial charge in [-0.15, -0.1) is 11.8 Å². The van der Waals surface area contributed by atoms with E-state index in [9.17, 15) is 33.6 Å². The zero-order valence-electron chi connectivity index (χ0n) is 43.5. The van der Waals surface area contributed by atoms with Crippen LogP contribution in [0.3, 0.4) is 0 Å². The van der Waals surface area contributed by atoms with E-state index < -0.39 is 116 Å². The fourth-order valence-electron chi connectivity index (χ4n) is 8.87. The zero-order chi connectivity index (χ0) is 56.5. The highest BCUT2D eigenvalue weighted by Gasteiger charge is 2.58. The lowest BCUT2D eigenvalue weighted by Crippen LogP contribution is -2.67. The molecule has 0 unspecified atom stereocenters. The second-order valence-electron chi connectivity index (χ2n) is 18.3. The Bertz CT molecular complexity index is 3210. The summed E-state index contributed by atoms with van der Waals surface area (Å²) in [5, 5.41) is 0. The van der Waals surface area contributed by atoms with Gasteiger partial charge in [0, 0.05) is 0 Å². The summed E-state index contributed by atoms with van der Waals surface area (Å²) in [7, 11) is 0. The summed E-state index contributed by atoms with van der Waals surface area (Å²) in [6.45, 7) is 0.518. The van der Waals surface area contributed by atoms with Gasteiger partial charge < -0.3 is 47.4 Å². The Morgan fingerprint density at radius 2 is 0.605 bits per heavy atom. The largest absolute Gasteiger partial charge is 0.459 e. The van der Waals surface area contributed by atoms with Gasteiger partial charge in [-0.05, 0) is 90.7 Å². The molecule has 0 amide bonds. The number of ether oxygens (including phenoxy) is 10. The van der Waals surface area contributed by atoms with Crippen LogP contribution in [0.5, 0.6) is 0 Å². The summed E-state index contributed by atoms with van der Waals surface area (Å²) < 4.78 is 64.0. The predicted molar refractivity (Wildman–Crippen MR) is 292 cm³/mol. The Hall–Kier alpha value is -8.94. The van der Waals surface area contributed by atoms with Gasteiger partial charge in [-0.2, -0.15) is 0 Å². The summed E-state index contributed by atoms with van der Waals surface area (Å²) in [4.78, 5) is 99.7. The lowest BCUT2D eigenvalue weighted by Gasteiger charge is -2.49. The van der Waals surface area contributed by atoms with Crippen LogP contribution in [0.4, 0.5) is 0 Å². The van der Waals surface area contributed by atoms with Crippen molar-refractivity contribution in [2.75, 3.05) is 19.0 Å². The van der Waals surface area contributed by atoms with E-state index in [1.165, 1.54) is 84.6 Å². The van der Waals surface area contributed by atoms with Crippen molar-refractivity contribution in [1.29, 1.82) is 0 Å². The van der Waals surface area contributed by atoms with Crippen LogP contribution in [-0.4, -0.2) is 121 Å². The van der Waals surface area contributed by atoms with Crippen LogP contribution in [0.1, 0.15) is 79.4 Å². The molecule has 2 heterocycles. The van der Waals surface area contributed by atoms with Crippen LogP contribution < -0.4 is 0 Å². The van der Waals surface area contributed by atoms with Crippen LogP contribution in [0, 0.1) is 0 Å².